The molecule has 11 nitrogen and oxygen atoms in total. The van der Waals surface area contributed by atoms with Crippen LogP contribution in [0, 0.1) is 18.7 Å². The van der Waals surface area contributed by atoms with Gasteiger partial charge in [-0.2, -0.15) is 14.6 Å². The van der Waals surface area contributed by atoms with E-state index in [1.165, 1.54) is 33.5 Å². The normalized spacial score (nSPS) is 15.3. The number of aromatic nitrogens is 4. The number of carbonyl (C=O) groups is 2. The van der Waals surface area contributed by atoms with Crippen LogP contribution in [0.15, 0.2) is 30.6 Å². The van der Waals surface area contributed by atoms with Crippen LogP contribution in [0.2, 0.25) is 0 Å². The van der Waals surface area contributed by atoms with Crippen LogP contribution in [0.4, 0.5) is 4.39 Å². The second kappa shape index (κ2) is 10.0. The Bertz CT molecular complexity index is 1370. The molecule has 1 aromatic carbocycles. The van der Waals surface area contributed by atoms with Crippen LogP contribution in [0.25, 0.3) is 5.78 Å². The Balaban J connectivity index is 1.42. The first kappa shape index (κ1) is 24.7. The van der Waals surface area contributed by atoms with E-state index in [2.05, 4.69) is 25.7 Å². The lowest BCUT2D eigenvalue weighted by atomic mass is 9.98. The summed E-state index contributed by atoms with van der Waals surface area (Å²) in [6.45, 7) is 2.99. The molecule has 186 valence electrons. The van der Waals surface area contributed by atoms with Crippen molar-refractivity contribution in [2.75, 3.05) is 25.9 Å². The summed E-state index contributed by atoms with van der Waals surface area (Å²) in [5.74, 6) is -1.05. The fourth-order valence-corrected chi connectivity index (χ4v) is 4.83. The maximum absolute atomic E-state index is 13.5. The van der Waals surface area contributed by atoms with Gasteiger partial charge in [0, 0.05) is 32.2 Å². The van der Waals surface area contributed by atoms with E-state index < -0.39 is 21.8 Å². The largest absolute Gasteiger partial charge is 0.350 e. The summed E-state index contributed by atoms with van der Waals surface area (Å²) in [5.41, 5.74) is 1.29. The third-order valence-corrected chi connectivity index (χ3v) is 7.29. The summed E-state index contributed by atoms with van der Waals surface area (Å²) in [6, 6.07) is 5.90. The lowest BCUT2D eigenvalue weighted by Crippen LogP contribution is -2.41. The summed E-state index contributed by atoms with van der Waals surface area (Å²) < 4.78 is 39.5. The van der Waals surface area contributed by atoms with Crippen molar-refractivity contribution in [3.8, 4) is 0 Å². The van der Waals surface area contributed by atoms with Crippen LogP contribution in [0.5, 0.6) is 0 Å². The maximum atomic E-state index is 13.5. The number of hydrogen-bond acceptors (Lipinski definition) is 7. The van der Waals surface area contributed by atoms with Crippen molar-refractivity contribution in [3.05, 3.63) is 58.9 Å². The number of sulfonamides is 1. The highest BCUT2D eigenvalue weighted by Gasteiger charge is 2.26. The smallest absolute Gasteiger partial charge is 0.270 e. The van der Waals surface area contributed by atoms with Gasteiger partial charge in [0.15, 0.2) is 0 Å². The predicted octanol–water partition coefficient (Wildman–Crippen LogP) is 0.903. The number of carbonyl (C=O) groups excluding carboxylic acids is 2. The minimum Gasteiger partial charge on any atom is -0.350 e. The average Bonchev–Trinajstić information content (AvgIpc) is 3.31. The molecule has 35 heavy (non-hydrogen) atoms. The van der Waals surface area contributed by atoms with E-state index in [1.807, 2.05) is 0 Å². The Morgan fingerprint density at radius 3 is 2.57 bits per heavy atom. The van der Waals surface area contributed by atoms with E-state index >= 15 is 0 Å². The Kier molecular flexibility index (Phi) is 7.08. The van der Waals surface area contributed by atoms with Gasteiger partial charge < -0.3 is 10.6 Å². The maximum Gasteiger partial charge on any atom is 0.270 e. The average molecular weight is 504 g/mol. The Morgan fingerprint density at radius 1 is 1.14 bits per heavy atom. The van der Waals surface area contributed by atoms with Crippen molar-refractivity contribution in [3.63, 3.8) is 0 Å². The topological polar surface area (TPSA) is 139 Å². The lowest BCUT2D eigenvalue weighted by Gasteiger charge is -2.30. The van der Waals surface area contributed by atoms with E-state index in [-0.39, 0.29) is 35.4 Å². The third kappa shape index (κ3) is 5.80. The summed E-state index contributed by atoms with van der Waals surface area (Å²) in [6.07, 6.45) is 3.71. The number of aryl methyl sites for hydroxylation is 1. The molecule has 4 rings (SSSR count). The molecule has 0 bridgehead atoms. The molecule has 1 aliphatic heterocycles. The van der Waals surface area contributed by atoms with Crippen LogP contribution in [-0.2, 0) is 16.6 Å². The Morgan fingerprint density at radius 2 is 1.89 bits per heavy atom. The predicted molar refractivity (Wildman–Crippen MR) is 125 cm³/mol. The van der Waals surface area contributed by atoms with Gasteiger partial charge in [-0.05, 0) is 42.9 Å². The number of piperidine rings is 1. The van der Waals surface area contributed by atoms with E-state index in [0.717, 1.165) is 5.56 Å². The zero-order chi connectivity index (χ0) is 25.2. The minimum absolute atomic E-state index is 0.00376. The minimum atomic E-state index is -3.22. The monoisotopic (exact) mass is 503 g/mol. The SMILES string of the molecule is Cc1cc(CNC(=O)c2cc(C(=O)NCC3CCN(S(C)(=O)=O)CC3)n3ncnc3n2)ccc1F. The Hall–Kier alpha value is -3.45. The second-order valence-corrected chi connectivity index (χ2v) is 10.6. The van der Waals surface area contributed by atoms with Gasteiger partial charge in [-0.15, -0.1) is 0 Å². The van der Waals surface area contributed by atoms with Crippen molar-refractivity contribution in [2.24, 2.45) is 5.92 Å². The zero-order valence-corrected chi connectivity index (χ0v) is 20.2. The molecule has 0 unspecified atom stereocenters. The molecule has 2 aromatic heterocycles. The molecule has 0 aliphatic carbocycles. The van der Waals surface area contributed by atoms with Gasteiger partial charge in [0.1, 0.15) is 23.5 Å². The molecule has 2 amide bonds. The van der Waals surface area contributed by atoms with Gasteiger partial charge in [0.25, 0.3) is 17.6 Å². The molecule has 3 heterocycles. The van der Waals surface area contributed by atoms with Gasteiger partial charge in [-0.1, -0.05) is 12.1 Å². The molecule has 1 aliphatic rings. The summed E-state index contributed by atoms with van der Waals surface area (Å²) in [5, 5.41) is 9.59. The quantitative estimate of drug-likeness (QED) is 0.488. The van der Waals surface area contributed by atoms with Crippen LogP contribution < -0.4 is 10.6 Å². The fraction of sp³-hybridized carbons (Fsp3) is 0.409. The van der Waals surface area contributed by atoms with Crippen LogP contribution in [-0.4, -0.2) is 70.0 Å². The molecule has 0 atom stereocenters. The highest BCUT2D eigenvalue weighted by Crippen LogP contribution is 2.18. The third-order valence-electron chi connectivity index (χ3n) is 5.99. The first-order chi connectivity index (χ1) is 16.6. The van der Waals surface area contributed by atoms with Gasteiger partial charge in [0.05, 0.1) is 6.26 Å². The first-order valence-electron chi connectivity index (χ1n) is 11.1. The molecule has 0 radical (unpaired) electrons. The number of rotatable bonds is 7. The van der Waals surface area contributed by atoms with Crippen LogP contribution in [0.1, 0.15) is 44.9 Å². The van der Waals surface area contributed by atoms with Crippen molar-refractivity contribution in [1.82, 2.24) is 34.5 Å². The number of hydrogen-bond donors (Lipinski definition) is 2. The van der Waals surface area contributed by atoms with Gasteiger partial charge in [0.2, 0.25) is 10.0 Å². The molecular formula is C22H26FN7O4S. The highest BCUT2D eigenvalue weighted by atomic mass is 32.2. The summed E-state index contributed by atoms with van der Waals surface area (Å²) in [7, 11) is -3.22. The molecule has 0 spiro atoms. The first-order valence-corrected chi connectivity index (χ1v) is 12.9. The zero-order valence-electron chi connectivity index (χ0n) is 19.4. The number of halogens is 1. The number of nitrogens with one attached hydrogen (secondary N) is 2. The second-order valence-electron chi connectivity index (χ2n) is 8.58. The molecule has 1 fully saturated rings. The summed E-state index contributed by atoms with van der Waals surface area (Å²) >= 11 is 0. The molecule has 2 N–H and O–H groups in total. The fourth-order valence-electron chi connectivity index (χ4n) is 3.95. The van der Waals surface area contributed by atoms with E-state index in [0.29, 0.717) is 38.0 Å². The number of fused-ring (bicyclic) bond motifs is 1. The number of amides is 2. The highest BCUT2D eigenvalue weighted by molar-refractivity contribution is 7.88. The van der Waals surface area contributed by atoms with Crippen molar-refractivity contribution < 1.29 is 22.4 Å². The van der Waals surface area contributed by atoms with E-state index in [1.54, 1.807) is 19.1 Å². The van der Waals surface area contributed by atoms with Gasteiger partial charge in [-0.25, -0.2) is 22.1 Å². The van der Waals surface area contributed by atoms with Crippen molar-refractivity contribution in [2.45, 2.75) is 26.3 Å². The molecule has 0 saturated carbocycles. The van der Waals surface area contributed by atoms with E-state index in [9.17, 15) is 22.4 Å². The van der Waals surface area contributed by atoms with Crippen molar-refractivity contribution in [1.29, 1.82) is 0 Å². The number of benzene rings is 1. The molecule has 3 aromatic rings. The molecule has 1 saturated heterocycles. The number of nitrogens with zero attached hydrogens (tertiary/aromatic N) is 5. The van der Waals surface area contributed by atoms with Gasteiger partial charge in [-0.3, -0.25) is 9.59 Å². The summed E-state index contributed by atoms with van der Waals surface area (Å²) in [4.78, 5) is 33.9. The van der Waals surface area contributed by atoms with E-state index in [4.69, 9.17) is 0 Å². The lowest BCUT2D eigenvalue weighted by molar-refractivity contribution is 0.0933. The van der Waals surface area contributed by atoms with Crippen molar-refractivity contribution >= 4 is 27.6 Å². The molecular weight excluding hydrogens is 477 g/mol. The molecule has 13 heteroatoms. The van der Waals surface area contributed by atoms with Crippen LogP contribution >= 0.6 is 0 Å². The Labute approximate surface area is 201 Å². The van der Waals surface area contributed by atoms with Gasteiger partial charge >= 0.3 is 0 Å². The van der Waals surface area contributed by atoms with Crippen LogP contribution in [0.3, 0.4) is 0 Å². The standard InChI is InChI=1S/C22H26FN7O4S/c1-14-9-16(3-4-17(14)23)12-24-20(31)18-10-19(30-22(28-18)26-13-27-30)21(32)25-11-15-5-7-29(8-6-15)35(2,33)34/h3-4,9-10,13,15H,5-8,11-12H2,1-2H3,(H,24,31)(H,25,32).